The molecule has 0 unspecified atom stereocenters. The van der Waals surface area contributed by atoms with Crippen molar-refractivity contribution in [1.29, 1.82) is 0 Å². The fraction of sp³-hybridized carbons (Fsp3) is 0.294. The standard InChI is InChI=1S/C17H20ClNO2/c1-2-11-20-15-7-5-6-14(13-15)19-10-12-21-17-9-4-3-8-16(17)18/h3-9,13,19H,2,10-12H2,1H3. The Kier molecular flexibility index (Phi) is 6.22. The van der Waals surface area contributed by atoms with Gasteiger partial charge in [-0.15, -0.1) is 0 Å². The summed E-state index contributed by atoms with van der Waals surface area (Å²) in [4.78, 5) is 0. The van der Waals surface area contributed by atoms with Crippen molar-refractivity contribution >= 4 is 17.3 Å². The van der Waals surface area contributed by atoms with Gasteiger partial charge in [0.05, 0.1) is 11.6 Å². The number of benzene rings is 2. The van der Waals surface area contributed by atoms with Gasteiger partial charge in [0.15, 0.2) is 0 Å². The van der Waals surface area contributed by atoms with E-state index >= 15 is 0 Å². The molecule has 1 N–H and O–H groups in total. The molecule has 0 aromatic heterocycles. The van der Waals surface area contributed by atoms with Crippen molar-refractivity contribution in [3.05, 3.63) is 53.6 Å². The van der Waals surface area contributed by atoms with E-state index in [1.807, 2.05) is 48.5 Å². The predicted octanol–water partition coefficient (Wildman–Crippen LogP) is 4.62. The molecule has 0 saturated heterocycles. The van der Waals surface area contributed by atoms with Crippen LogP contribution in [0.4, 0.5) is 5.69 Å². The first-order valence-electron chi connectivity index (χ1n) is 7.13. The molecule has 0 atom stereocenters. The average molecular weight is 306 g/mol. The van der Waals surface area contributed by atoms with E-state index in [9.17, 15) is 0 Å². The Morgan fingerprint density at radius 1 is 1.00 bits per heavy atom. The van der Waals surface area contributed by atoms with E-state index in [1.54, 1.807) is 0 Å². The van der Waals surface area contributed by atoms with Gasteiger partial charge < -0.3 is 14.8 Å². The molecule has 2 aromatic rings. The lowest BCUT2D eigenvalue weighted by atomic mass is 10.3. The van der Waals surface area contributed by atoms with Crippen molar-refractivity contribution in [1.82, 2.24) is 0 Å². The second kappa shape index (κ2) is 8.42. The summed E-state index contributed by atoms with van der Waals surface area (Å²) in [5, 5.41) is 3.94. The van der Waals surface area contributed by atoms with Crippen LogP contribution in [0.1, 0.15) is 13.3 Å². The molecule has 112 valence electrons. The fourth-order valence-corrected chi connectivity index (χ4v) is 2.02. The maximum atomic E-state index is 6.03. The van der Waals surface area contributed by atoms with Crippen LogP contribution in [0.25, 0.3) is 0 Å². The SMILES string of the molecule is CCCOc1cccc(NCCOc2ccccc2Cl)c1. The van der Waals surface area contributed by atoms with Crippen molar-refractivity contribution in [2.45, 2.75) is 13.3 Å². The number of rotatable bonds is 8. The summed E-state index contributed by atoms with van der Waals surface area (Å²) in [5.41, 5.74) is 1.02. The molecule has 2 rings (SSSR count). The van der Waals surface area contributed by atoms with Crippen LogP contribution < -0.4 is 14.8 Å². The maximum absolute atomic E-state index is 6.03. The second-order valence-electron chi connectivity index (χ2n) is 4.58. The van der Waals surface area contributed by atoms with Gasteiger partial charge in [-0.05, 0) is 30.7 Å². The number of halogens is 1. The average Bonchev–Trinajstić information content (AvgIpc) is 2.51. The minimum Gasteiger partial charge on any atom is -0.494 e. The third kappa shape index (κ3) is 5.20. The lowest BCUT2D eigenvalue weighted by molar-refractivity contribution is 0.317. The molecule has 21 heavy (non-hydrogen) atoms. The molecule has 0 spiro atoms. The van der Waals surface area contributed by atoms with Gasteiger partial charge in [0, 0.05) is 18.3 Å². The highest BCUT2D eigenvalue weighted by molar-refractivity contribution is 6.32. The van der Waals surface area contributed by atoms with Crippen molar-refractivity contribution in [2.75, 3.05) is 25.1 Å². The maximum Gasteiger partial charge on any atom is 0.137 e. The lowest BCUT2D eigenvalue weighted by Crippen LogP contribution is -2.11. The largest absolute Gasteiger partial charge is 0.494 e. The Labute approximate surface area is 130 Å². The Morgan fingerprint density at radius 2 is 1.86 bits per heavy atom. The molecule has 0 aliphatic rings. The molecule has 0 saturated carbocycles. The van der Waals surface area contributed by atoms with Crippen molar-refractivity contribution < 1.29 is 9.47 Å². The van der Waals surface area contributed by atoms with E-state index in [0.29, 0.717) is 23.9 Å². The van der Waals surface area contributed by atoms with Gasteiger partial charge in [-0.2, -0.15) is 0 Å². The highest BCUT2D eigenvalue weighted by atomic mass is 35.5. The molecule has 0 heterocycles. The summed E-state index contributed by atoms with van der Waals surface area (Å²) in [6.45, 7) is 4.07. The molecule has 4 heteroatoms. The Morgan fingerprint density at radius 3 is 2.67 bits per heavy atom. The molecule has 0 amide bonds. The van der Waals surface area contributed by atoms with Crippen molar-refractivity contribution in [3.8, 4) is 11.5 Å². The molecular weight excluding hydrogens is 286 g/mol. The van der Waals surface area contributed by atoms with E-state index in [1.165, 1.54) is 0 Å². The summed E-state index contributed by atoms with van der Waals surface area (Å²) >= 11 is 6.03. The van der Waals surface area contributed by atoms with Crippen LogP contribution in [-0.2, 0) is 0 Å². The zero-order valence-corrected chi connectivity index (χ0v) is 12.9. The number of hydrogen-bond acceptors (Lipinski definition) is 3. The van der Waals surface area contributed by atoms with Crippen LogP contribution in [0, 0.1) is 0 Å². The molecule has 3 nitrogen and oxygen atoms in total. The number of nitrogens with one attached hydrogen (secondary N) is 1. The van der Waals surface area contributed by atoms with Gasteiger partial charge in [0.1, 0.15) is 18.1 Å². The van der Waals surface area contributed by atoms with Crippen LogP contribution in [0.15, 0.2) is 48.5 Å². The topological polar surface area (TPSA) is 30.5 Å². The minimum atomic E-state index is 0.545. The van der Waals surface area contributed by atoms with E-state index in [4.69, 9.17) is 21.1 Å². The molecule has 0 fully saturated rings. The van der Waals surface area contributed by atoms with Gasteiger partial charge in [-0.25, -0.2) is 0 Å². The fourth-order valence-electron chi connectivity index (χ4n) is 1.83. The predicted molar refractivity (Wildman–Crippen MR) is 87.7 cm³/mol. The molecule has 0 bridgehead atoms. The van der Waals surface area contributed by atoms with Crippen LogP contribution in [0.2, 0.25) is 5.02 Å². The second-order valence-corrected chi connectivity index (χ2v) is 4.99. The van der Waals surface area contributed by atoms with Gasteiger partial charge in [0.25, 0.3) is 0 Å². The summed E-state index contributed by atoms with van der Waals surface area (Å²) in [5.74, 6) is 1.59. The first-order chi connectivity index (χ1) is 10.3. The monoisotopic (exact) mass is 305 g/mol. The molecular formula is C17H20ClNO2. The molecule has 0 aliphatic heterocycles. The molecule has 0 aliphatic carbocycles. The number of para-hydroxylation sites is 1. The van der Waals surface area contributed by atoms with Crippen LogP contribution in [-0.4, -0.2) is 19.8 Å². The Balaban J connectivity index is 1.77. The zero-order chi connectivity index (χ0) is 14.9. The van der Waals surface area contributed by atoms with Crippen LogP contribution >= 0.6 is 11.6 Å². The normalized spacial score (nSPS) is 10.2. The number of hydrogen-bond donors (Lipinski definition) is 1. The Bertz CT molecular complexity index is 560. The smallest absolute Gasteiger partial charge is 0.137 e. The summed E-state index contributed by atoms with van der Waals surface area (Å²) < 4.78 is 11.2. The van der Waals surface area contributed by atoms with Gasteiger partial charge in [-0.1, -0.05) is 36.7 Å². The van der Waals surface area contributed by atoms with Crippen LogP contribution in [0.3, 0.4) is 0 Å². The van der Waals surface area contributed by atoms with Crippen molar-refractivity contribution in [3.63, 3.8) is 0 Å². The van der Waals surface area contributed by atoms with E-state index in [0.717, 1.165) is 24.5 Å². The van der Waals surface area contributed by atoms with E-state index < -0.39 is 0 Å². The van der Waals surface area contributed by atoms with Crippen LogP contribution in [0.5, 0.6) is 11.5 Å². The third-order valence-corrected chi connectivity index (χ3v) is 3.14. The number of anilines is 1. The molecule has 0 radical (unpaired) electrons. The highest BCUT2D eigenvalue weighted by Crippen LogP contribution is 2.23. The first kappa shape index (κ1) is 15.5. The van der Waals surface area contributed by atoms with Crippen molar-refractivity contribution in [2.24, 2.45) is 0 Å². The highest BCUT2D eigenvalue weighted by Gasteiger charge is 2.00. The zero-order valence-electron chi connectivity index (χ0n) is 12.1. The Hall–Kier alpha value is -1.87. The summed E-state index contributed by atoms with van der Waals surface area (Å²) in [7, 11) is 0. The third-order valence-electron chi connectivity index (χ3n) is 2.83. The minimum absolute atomic E-state index is 0.545. The molecule has 2 aromatic carbocycles. The lowest BCUT2D eigenvalue weighted by Gasteiger charge is -2.11. The quantitative estimate of drug-likeness (QED) is 0.722. The summed E-state index contributed by atoms with van der Waals surface area (Å²) in [6.07, 6.45) is 1.00. The van der Waals surface area contributed by atoms with E-state index in [2.05, 4.69) is 12.2 Å². The van der Waals surface area contributed by atoms with Gasteiger partial charge in [-0.3, -0.25) is 0 Å². The van der Waals surface area contributed by atoms with Gasteiger partial charge >= 0.3 is 0 Å². The number of ether oxygens (including phenoxy) is 2. The van der Waals surface area contributed by atoms with E-state index in [-0.39, 0.29) is 0 Å². The summed E-state index contributed by atoms with van der Waals surface area (Å²) in [6, 6.07) is 15.4. The first-order valence-corrected chi connectivity index (χ1v) is 7.51. The van der Waals surface area contributed by atoms with Gasteiger partial charge in [0.2, 0.25) is 0 Å².